The lowest BCUT2D eigenvalue weighted by molar-refractivity contribution is 0.169. The van der Waals surface area contributed by atoms with Crippen molar-refractivity contribution < 1.29 is 8.42 Å². The van der Waals surface area contributed by atoms with Gasteiger partial charge in [-0.3, -0.25) is 4.90 Å². The van der Waals surface area contributed by atoms with Crippen LogP contribution in [0.1, 0.15) is 18.4 Å². The molecule has 1 saturated heterocycles. The van der Waals surface area contributed by atoms with E-state index in [1.165, 1.54) is 5.56 Å². The number of hydrogen-bond acceptors (Lipinski definition) is 3. The Morgan fingerprint density at radius 2 is 1.68 bits per heavy atom. The molecule has 1 N–H and O–H groups in total. The molecule has 5 heteroatoms. The first-order valence-corrected chi connectivity index (χ1v) is 11.3. The van der Waals surface area contributed by atoms with Crippen molar-refractivity contribution in [2.24, 2.45) is 5.92 Å². The van der Waals surface area contributed by atoms with Crippen LogP contribution in [0.2, 0.25) is 0 Å². The van der Waals surface area contributed by atoms with Crippen LogP contribution in [0, 0.1) is 5.92 Å². The number of piperidine rings is 1. The minimum atomic E-state index is -3.50. The average molecular weight is 395 g/mol. The van der Waals surface area contributed by atoms with Gasteiger partial charge in [0.25, 0.3) is 0 Å². The van der Waals surface area contributed by atoms with Gasteiger partial charge < -0.3 is 0 Å². The van der Waals surface area contributed by atoms with Crippen LogP contribution in [0.25, 0.3) is 10.8 Å². The molecule has 1 aliphatic heterocycles. The summed E-state index contributed by atoms with van der Waals surface area (Å²) in [6.45, 7) is 3.41. The molecule has 1 aliphatic rings. The lowest BCUT2D eigenvalue weighted by Crippen LogP contribution is -2.40. The molecule has 3 aromatic rings. The predicted octanol–water partition coefficient (Wildman–Crippen LogP) is 4.03. The molecule has 28 heavy (non-hydrogen) atoms. The van der Waals surface area contributed by atoms with Crippen LogP contribution in [0.15, 0.2) is 77.7 Å². The van der Waals surface area contributed by atoms with E-state index in [1.807, 2.05) is 36.4 Å². The summed E-state index contributed by atoms with van der Waals surface area (Å²) in [4.78, 5) is 2.76. The largest absolute Gasteiger partial charge is 0.299 e. The molecule has 0 aromatic heterocycles. The molecule has 1 fully saturated rings. The summed E-state index contributed by atoms with van der Waals surface area (Å²) in [6, 6.07) is 23.6. The molecule has 4 nitrogen and oxygen atoms in total. The number of nitrogens with zero attached hydrogens (tertiary/aromatic N) is 1. The third-order valence-corrected chi connectivity index (χ3v) is 6.87. The highest BCUT2D eigenvalue weighted by Gasteiger charge is 2.22. The van der Waals surface area contributed by atoms with Crippen molar-refractivity contribution in [1.82, 2.24) is 9.62 Å². The number of hydrogen-bond donors (Lipinski definition) is 1. The lowest BCUT2D eigenvalue weighted by atomic mass is 9.98. The van der Waals surface area contributed by atoms with Crippen molar-refractivity contribution >= 4 is 20.8 Å². The Kier molecular flexibility index (Phi) is 5.76. The molecule has 146 valence electrons. The summed E-state index contributed by atoms with van der Waals surface area (Å²) >= 11 is 0. The van der Waals surface area contributed by atoms with Gasteiger partial charge in [-0.2, -0.15) is 0 Å². The van der Waals surface area contributed by atoms with Crippen LogP contribution in [0.5, 0.6) is 0 Å². The normalized spacial score (nSPS) is 18.4. The van der Waals surface area contributed by atoms with Crippen LogP contribution >= 0.6 is 0 Å². The number of benzene rings is 3. The first-order chi connectivity index (χ1) is 13.6. The van der Waals surface area contributed by atoms with E-state index in [-0.39, 0.29) is 0 Å². The molecule has 0 spiro atoms. The van der Waals surface area contributed by atoms with Gasteiger partial charge >= 0.3 is 0 Å². The second-order valence-electron chi connectivity index (χ2n) is 7.59. The van der Waals surface area contributed by atoms with E-state index in [9.17, 15) is 8.42 Å². The maximum atomic E-state index is 12.8. The van der Waals surface area contributed by atoms with Gasteiger partial charge in [-0.15, -0.1) is 0 Å². The maximum Gasteiger partial charge on any atom is 0.240 e. The molecule has 1 unspecified atom stereocenters. The Labute approximate surface area is 167 Å². The monoisotopic (exact) mass is 394 g/mol. The minimum absolute atomic E-state index is 0.336. The third-order valence-electron chi connectivity index (χ3n) is 5.45. The first-order valence-electron chi connectivity index (χ1n) is 9.85. The molecule has 0 radical (unpaired) electrons. The third kappa shape index (κ3) is 4.61. The van der Waals surface area contributed by atoms with Crippen LogP contribution in [-0.4, -0.2) is 33.0 Å². The Morgan fingerprint density at radius 3 is 2.50 bits per heavy atom. The highest BCUT2D eigenvalue weighted by Crippen LogP contribution is 2.21. The van der Waals surface area contributed by atoms with Gasteiger partial charge in [0.15, 0.2) is 0 Å². The van der Waals surface area contributed by atoms with E-state index < -0.39 is 10.0 Å². The Hall–Kier alpha value is -2.21. The topological polar surface area (TPSA) is 49.4 Å². The van der Waals surface area contributed by atoms with Crippen LogP contribution in [-0.2, 0) is 16.6 Å². The molecule has 0 amide bonds. The Balaban J connectivity index is 1.38. The number of fused-ring (bicyclic) bond motifs is 1. The van der Waals surface area contributed by atoms with Crippen molar-refractivity contribution in [2.75, 3.05) is 19.6 Å². The zero-order valence-corrected chi connectivity index (χ0v) is 16.7. The average Bonchev–Trinajstić information content (AvgIpc) is 2.73. The molecule has 1 atom stereocenters. The Bertz CT molecular complexity index is 1030. The summed E-state index contributed by atoms with van der Waals surface area (Å²) in [7, 11) is -3.50. The van der Waals surface area contributed by atoms with Crippen molar-refractivity contribution in [3.8, 4) is 0 Å². The van der Waals surface area contributed by atoms with Crippen molar-refractivity contribution in [2.45, 2.75) is 24.3 Å². The fourth-order valence-corrected chi connectivity index (χ4v) is 5.10. The number of rotatable bonds is 6. The zero-order valence-electron chi connectivity index (χ0n) is 15.9. The second-order valence-corrected chi connectivity index (χ2v) is 9.36. The van der Waals surface area contributed by atoms with Gasteiger partial charge in [-0.05, 0) is 53.8 Å². The molecule has 1 heterocycles. The van der Waals surface area contributed by atoms with Crippen LogP contribution in [0.4, 0.5) is 0 Å². The fourth-order valence-electron chi connectivity index (χ4n) is 3.95. The van der Waals surface area contributed by atoms with Gasteiger partial charge in [-0.1, -0.05) is 60.7 Å². The van der Waals surface area contributed by atoms with Crippen molar-refractivity contribution in [3.63, 3.8) is 0 Å². The molecular formula is C23H26N2O2S. The highest BCUT2D eigenvalue weighted by molar-refractivity contribution is 7.89. The van der Waals surface area contributed by atoms with Gasteiger partial charge in [0.05, 0.1) is 4.90 Å². The summed E-state index contributed by atoms with van der Waals surface area (Å²) in [5.74, 6) is 0.340. The molecule has 0 bridgehead atoms. The summed E-state index contributed by atoms with van der Waals surface area (Å²) < 4.78 is 28.4. The summed E-state index contributed by atoms with van der Waals surface area (Å²) in [6.07, 6.45) is 2.17. The van der Waals surface area contributed by atoms with E-state index in [0.717, 1.165) is 43.2 Å². The standard InChI is InChI=1S/C23H26N2O2S/c26-28(27,23-13-12-21-10-4-5-11-22(21)15-23)24-16-20-9-6-14-25(18-20)17-19-7-2-1-3-8-19/h1-5,7-8,10-13,15,20,24H,6,9,14,16-18H2. The van der Waals surface area contributed by atoms with E-state index in [4.69, 9.17) is 0 Å². The lowest BCUT2D eigenvalue weighted by Gasteiger charge is -2.32. The first kappa shape index (κ1) is 19.1. The van der Waals surface area contributed by atoms with E-state index in [2.05, 4.69) is 33.9 Å². The quantitative estimate of drug-likeness (QED) is 0.687. The number of likely N-dealkylation sites (tertiary alicyclic amines) is 1. The summed E-state index contributed by atoms with van der Waals surface area (Å²) in [5.41, 5.74) is 1.31. The van der Waals surface area contributed by atoms with Gasteiger partial charge in [0.1, 0.15) is 0 Å². The zero-order chi connectivity index (χ0) is 19.4. The van der Waals surface area contributed by atoms with Crippen LogP contribution in [0.3, 0.4) is 0 Å². The van der Waals surface area contributed by atoms with Gasteiger partial charge in [-0.25, -0.2) is 13.1 Å². The Morgan fingerprint density at radius 1 is 0.929 bits per heavy atom. The van der Waals surface area contributed by atoms with E-state index in [0.29, 0.717) is 17.4 Å². The predicted molar refractivity (Wildman–Crippen MR) is 114 cm³/mol. The fraction of sp³-hybridized carbons (Fsp3) is 0.304. The van der Waals surface area contributed by atoms with Crippen molar-refractivity contribution in [1.29, 1.82) is 0 Å². The van der Waals surface area contributed by atoms with Crippen molar-refractivity contribution in [3.05, 3.63) is 78.4 Å². The van der Waals surface area contributed by atoms with Gasteiger partial charge in [0, 0.05) is 19.6 Å². The molecular weight excluding hydrogens is 368 g/mol. The van der Waals surface area contributed by atoms with E-state index >= 15 is 0 Å². The highest BCUT2D eigenvalue weighted by atomic mass is 32.2. The molecule has 3 aromatic carbocycles. The van der Waals surface area contributed by atoms with E-state index in [1.54, 1.807) is 12.1 Å². The number of nitrogens with one attached hydrogen (secondary N) is 1. The molecule has 0 aliphatic carbocycles. The second kappa shape index (κ2) is 8.43. The number of sulfonamides is 1. The summed E-state index contributed by atoms with van der Waals surface area (Å²) in [5, 5.41) is 1.99. The van der Waals surface area contributed by atoms with Crippen LogP contribution < -0.4 is 4.72 Å². The maximum absolute atomic E-state index is 12.8. The van der Waals surface area contributed by atoms with Gasteiger partial charge in [0.2, 0.25) is 10.0 Å². The molecule has 4 rings (SSSR count). The minimum Gasteiger partial charge on any atom is -0.299 e. The molecule has 0 saturated carbocycles. The SMILES string of the molecule is O=S(=O)(NCC1CCCN(Cc2ccccc2)C1)c1ccc2ccccc2c1. The smallest absolute Gasteiger partial charge is 0.240 e.